The molecule has 1 N–H and O–H groups in total. The summed E-state index contributed by atoms with van der Waals surface area (Å²) < 4.78 is 4.87. The second-order valence-electron chi connectivity index (χ2n) is 4.72. The Morgan fingerprint density at radius 2 is 1.67 bits per heavy atom. The number of ether oxygens (including phenoxy) is 1. The summed E-state index contributed by atoms with van der Waals surface area (Å²) in [6.45, 7) is 4.57. The van der Waals surface area contributed by atoms with E-state index in [4.69, 9.17) is 4.74 Å². The van der Waals surface area contributed by atoms with Crippen molar-refractivity contribution in [1.82, 2.24) is 5.32 Å². The third-order valence-electron chi connectivity index (χ3n) is 3.27. The van der Waals surface area contributed by atoms with Gasteiger partial charge in [0.1, 0.15) is 6.04 Å². The molecule has 21 heavy (non-hydrogen) atoms. The SMILES string of the molecule is C=C(CNC(C(=O)OC)c1ccccc1)c1ccccc1. The summed E-state index contributed by atoms with van der Waals surface area (Å²) >= 11 is 0. The highest BCUT2D eigenvalue weighted by molar-refractivity contribution is 5.78. The van der Waals surface area contributed by atoms with E-state index in [1.54, 1.807) is 0 Å². The van der Waals surface area contributed by atoms with Crippen molar-refractivity contribution in [2.45, 2.75) is 6.04 Å². The number of hydrogen-bond acceptors (Lipinski definition) is 3. The quantitative estimate of drug-likeness (QED) is 0.826. The van der Waals surface area contributed by atoms with Crippen LogP contribution in [0, 0.1) is 0 Å². The lowest BCUT2D eigenvalue weighted by Gasteiger charge is -2.17. The van der Waals surface area contributed by atoms with Crippen molar-refractivity contribution >= 4 is 11.5 Å². The minimum absolute atomic E-state index is 0.304. The molecule has 2 rings (SSSR count). The number of benzene rings is 2. The van der Waals surface area contributed by atoms with Gasteiger partial charge in [0.2, 0.25) is 0 Å². The maximum absolute atomic E-state index is 11.9. The van der Waals surface area contributed by atoms with Crippen molar-refractivity contribution < 1.29 is 9.53 Å². The summed E-state index contributed by atoms with van der Waals surface area (Å²) in [5.74, 6) is -0.304. The summed E-state index contributed by atoms with van der Waals surface area (Å²) in [4.78, 5) is 11.9. The monoisotopic (exact) mass is 281 g/mol. The van der Waals surface area contributed by atoms with Crippen molar-refractivity contribution in [3.05, 3.63) is 78.4 Å². The Hall–Kier alpha value is -2.39. The molecular formula is C18H19NO2. The van der Waals surface area contributed by atoms with Gasteiger partial charge in [-0.2, -0.15) is 0 Å². The fourth-order valence-electron chi connectivity index (χ4n) is 2.10. The Bertz CT molecular complexity index is 593. The standard InChI is InChI=1S/C18H19NO2/c1-14(15-9-5-3-6-10-15)13-19-17(18(20)21-2)16-11-7-4-8-12-16/h3-12,17,19H,1,13H2,2H3. The van der Waals surface area contributed by atoms with Crippen molar-refractivity contribution in [2.24, 2.45) is 0 Å². The molecule has 0 aromatic heterocycles. The van der Waals surface area contributed by atoms with E-state index in [0.29, 0.717) is 6.54 Å². The van der Waals surface area contributed by atoms with Crippen LogP contribution in [-0.2, 0) is 9.53 Å². The first-order chi connectivity index (χ1) is 10.2. The molecule has 0 aliphatic carbocycles. The molecule has 0 saturated carbocycles. The van der Waals surface area contributed by atoms with Gasteiger partial charge < -0.3 is 4.74 Å². The van der Waals surface area contributed by atoms with E-state index in [-0.39, 0.29) is 5.97 Å². The predicted octanol–water partition coefficient (Wildman–Crippen LogP) is 3.20. The van der Waals surface area contributed by atoms with Crippen molar-refractivity contribution in [2.75, 3.05) is 13.7 Å². The average Bonchev–Trinajstić information content (AvgIpc) is 2.56. The van der Waals surface area contributed by atoms with E-state index in [1.165, 1.54) is 7.11 Å². The lowest BCUT2D eigenvalue weighted by molar-refractivity contribution is -0.143. The minimum Gasteiger partial charge on any atom is -0.468 e. The number of carbonyl (C=O) groups is 1. The van der Waals surface area contributed by atoms with Crippen LogP contribution < -0.4 is 5.32 Å². The second kappa shape index (κ2) is 7.41. The normalized spacial score (nSPS) is 11.7. The van der Waals surface area contributed by atoms with Crippen LogP contribution in [0.3, 0.4) is 0 Å². The Morgan fingerprint density at radius 3 is 2.24 bits per heavy atom. The number of esters is 1. The number of nitrogens with one attached hydrogen (secondary N) is 1. The molecule has 1 unspecified atom stereocenters. The van der Waals surface area contributed by atoms with Gasteiger partial charge in [0.15, 0.2) is 0 Å². The van der Waals surface area contributed by atoms with Gasteiger partial charge >= 0.3 is 5.97 Å². The van der Waals surface area contributed by atoms with Crippen LogP contribution in [0.5, 0.6) is 0 Å². The van der Waals surface area contributed by atoms with Crippen LogP contribution in [-0.4, -0.2) is 19.6 Å². The smallest absolute Gasteiger partial charge is 0.327 e. The Labute approximate surface area is 125 Å². The molecular weight excluding hydrogens is 262 g/mol. The van der Waals surface area contributed by atoms with Gasteiger partial charge in [-0.15, -0.1) is 0 Å². The summed E-state index contributed by atoms with van der Waals surface area (Å²) in [5, 5.41) is 3.21. The minimum atomic E-state index is -0.489. The summed E-state index contributed by atoms with van der Waals surface area (Å²) in [5.41, 5.74) is 2.87. The first-order valence-corrected chi connectivity index (χ1v) is 6.81. The fraction of sp³-hybridized carbons (Fsp3) is 0.167. The third kappa shape index (κ3) is 4.04. The average molecular weight is 281 g/mol. The van der Waals surface area contributed by atoms with Crippen LogP contribution in [0.15, 0.2) is 67.2 Å². The number of methoxy groups -OCH3 is 1. The van der Waals surface area contributed by atoms with Crippen LogP contribution in [0.4, 0.5) is 0 Å². The van der Waals surface area contributed by atoms with Crippen LogP contribution in [0.2, 0.25) is 0 Å². The molecule has 0 amide bonds. The highest BCUT2D eigenvalue weighted by Gasteiger charge is 2.20. The van der Waals surface area contributed by atoms with E-state index in [2.05, 4.69) is 11.9 Å². The second-order valence-corrected chi connectivity index (χ2v) is 4.72. The first kappa shape index (κ1) is 15.0. The molecule has 0 radical (unpaired) electrons. The lowest BCUT2D eigenvalue weighted by atomic mass is 10.0. The zero-order chi connectivity index (χ0) is 15.1. The maximum Gasteiger partial charge on any atom is 0.327 e. The van der Waals surface area contributed by atoms with Gasteiger partial charge in [-0.3, -0.25) is 5.32 Å². The molecule has 0 heterocycles. The van der Waals surface area contributed by atoms with Gasteiger partial charge in [0.05, 0.1) is 7.11 Å². The molecule has 0 spiro atoms. The Kier molecular flexibility index (Phi) is 5.29. The summed E-state index contributed by atoms with van der Waals surface area (Å²) in [7, 11) is 1.39. The van der Waals surface area contributed by atoms with E-state index < -0.39 is 6.04 Å². The van der Waals surface area contributed by atoms with Crippen molar-refractivity contribution in [3.8, 4) is 0 Å². The van der Waals surface area contributed by atoms with Crippen LogP contribution in [0.25, 0.3) is 5.57 Å². The topological polar surface area (TPSA) is 38.3 Å². The van der Waals surface area contributed by atoms with E-state index in [1.807, 2.05) is 60.7 Å². The van der Waals surface area contributed by atoms with Crippen molar-refractivity contribution in [3.63, 3.8) is 0 Å². The van der Waals surface area contributed by atoms with Crippen molar-refractivity contribution in [1.29, 1.82) is 0 Å². The molecule has 0 saturated heterocycles. The van der Waals surface area contributed by atoms with E-state index in [0.717, 1.165) is 16.7 Å². The molecule has 3 nitrogen and oxygen atoms in total. The van der Waals surface area contributed by atoms with Crippen LogP contribution in [0.1, 0.15) is 17.2 Å². The van der Waals surface area contributed by atoms with Gasteiger partial charge in [-0.25, -0.2) is 4.79 Å². The predicted molar refractivity (Wildman–Crippen MR) is 84.7 cm³/mol. The molecule has 0 aliphatic heterocycles. The molecule has 0 fully saturated rings. The van der Waals surface area contributed by atoms with Gasteiger partial charge in [-0.05, 0) is 16.7 Å². The molecule has 2 aromatic carbocycles. The molecule has 0 bridgehead atoms. The maximum atomic E-state index is 11.9. The van der Waals surface area contributed by atoms with E-state index >= 15 is 0 Å². The number of rotatable bonds is 6. The zero-order valence-corrected chi connectivity index (χ0v) is 12.1. The van der Waals surface area contributed by atoms with Gasteiger partial charge in [-0.1, -0.05) is 67.2 Å². The molecule has 3 heteroatoms. The highest BCUT2D eigenvalue weighted by Crippen LogP contribution is 2.16. The van der Waals surface area contributed by atoms with Gasteiger partial charge in [0.25, 0.3) is 0 Å². The summed E-state index contributed by atoms with van der Waals surface area (Å²) in [6.07, 6.45) is 0. The molecule has 0 aliphatic rings. The summed E-state index contributed by atoms with van der Waals surface area (Å²) in [6, 6.07) is 18.9. The Balaban J connectivity index is 2.07. The highest BCUT2D eigenvalue weighted by atomic mass is 16.5. The molecule has 2 aromatic rings. The fourth-order valence-corrected chi connectivity index (χ4v) is 2.10. The zero-order valence-electron chi connectivity index (χ0n) is 12.1. The van der Waals surface area contributed by atoms with Crippen LogP contribution >= 0.6 is 0 Å². The Morgan fingerprint density at radius 1 is 1.10 bits per heavy atom. The molecule has 1 atom stereocenters. The lowest BCUT2D eigenvalue weighted by Crippen LogP contribution is -2.30. The first-order valence-electron chi connectivity index (χ1n) is 6.81. The number of carbonyl (C=O) groups excluding carboxylic acids is 1. The van der Waals surface area contributed by atoms with Gasteiger partial charge in [0, 0.05) is 6.54 Å². The third-order valence-corrected chi connectivity index (χ3v) is 3.27. The molecule has 108 valence electrons. The number of hydrogen-bond donors (Lipinski definition) is 1. The largest absolute Gasteiger partial charge is 0.468 e. The van der Waals surface area contributed by atoms with E-state index in [9.17, 15) is 4.79 Å².